The van der Waals surface area contributed by atoms with Gasteiger partial charge in [0, 0.05) is 5.39 Å². The molecule has 3 nitrogen and oxygen atoms in total. The van der Waals surface area contributed by atoms with Gasteiger partial charge in [-0.1, -0.05) is 6.07 Å². The second-order valence-electron chi connectivity index (χ2n) is 3.33. The van der Waals surface area contributed by atoms with E-state index < -0.39 is 5.97 Å². The number of nitrogens with one attached hydrogen (secondary N) is 1. The van der Waals surface area contributed by atoms with Crippen molar-refractivity contribution in [2.24, 2.45) is 0 Å². The number of aromatic nitrogens is 1. The molecule has 0 bridgehead atoms. The summed E-state index contributed by atoms with van der Waals surface area (Å²) in [6, 6.07) is 4.51. The molecule has 2 rings (SSSR count). The number of rotatable bonds is 1. The Balaban J connectivity index is 2.70. The lowest BCUT2D eigenvalue weighted by Crippen LogP contribution is -2.00. The predicted octanol–water partition coefficient (Wildman–Crippen LogP) is 2.40. The fourth-order valence-corrected chi connectivity index (χ4v) is 1.55. The fourth-order valence-electron chi connectivity index (χ4n) is 1.55. The standard InChI is InChI=1S/C11H10FNO2/c1-6-3-4-8(12)7-5-9(11(14)15-2)13-10(6)7/h3-5,13H,1-2H3. The first-order valence-corrected chi connectivity index (χ1v) is 4.49. The van der Waals surface area contributed by atoms with E-state index >= 15 is 0 Å². The van der Waals surface area contributed by atoms with E-state index in [1.54, 1.807) is 6.07 Å². The summed E-state index contributed by atoms with van der Waals surface area (Å²) >= 11 is 0. The second-order valence-corrected chi connectivity index (χ2v) is 3.33. The summed E-state index contributed by atoms with van der Waals surface area (Å²) in [6.45, 7) is 1.85. The lowest BCUT2D eigenvalue weighted by atomic mass is 10.1. The van der Waals surface area contributed by atoms with Crippen molar-refractivity contribution in [3.8, 4) is 0 Å². The molecule has 1 aromatic carbocycles. The van der Waals surface area contributed by atoms with Crippen LogP contribution in [0.3, 0.4) is 0 Å². The van der Waals surface area contributed by atoms with Crippen molar-refractivity contribution in [3.05, 3.63) is 35.3 Å². The van der Waals surface area contributed by atoms with E-state index in [0.717, 1.165) is 5.56 Å². The van der Waals surface area contributed by atoms with Crippen LogP contribution in [-0.2, 0) is 4.74 Å². The molecule has 15 heavy (non-hydrogen) atoms. The van der Waals surface area contributed by atoms with Gasteiger partial charge in [0.2, 0.25) is 0 Å². The van der Waals surface area contributed by atoms with Crippen LogP contribution in [0.5, 0.6) is 0 Å². The van der Waals surface area contributed by atoms with Crippen molar-refractivity contribution in [2.75, 3.05) is 7.11 Å². The van der Waals surface area contributed by atoms with Gasteiger partial charge in [0.25, 0.3) is 0 Å². The van der Waals surface area contributed by atoms with Crippen molar-refractivity contribution < 1.29 is 13.9 Å². The van der Waals surface area contributed by atoms with Crippen molar-refractivity contribution in [3.63, 3.8) is 0 Å². The quantitative estimate of drug-likeness (QED) is 0.729. The zero-order valence-electron chi connectivity index (χ0n) is 8.43. The molecule has 0 unspecified atom stereocenters. The number of hydrogen-bond donors (Lipinski definition) is 1. The maximum Gasteiger partial charge on any atom is 0.354 e. The van der Waals surface area contributed by atoms with Gasteiger partial charge in [-0.25, -0.2) is 9.18 Å². The molecule has 78 valence electrons. The number of benzene rings is 1. The third-order valence-electron chi connectivity index (χ3n) is 2.35. The Hall–Kier alpha value is -1.84. The average Bonchev–Trinajstić information content (AvgIpc) is 2.68. The molecule has 1 heterocycles. The molecule has 0 radical (unpaired) electrons. The Bertz CT molecular complexity index is 492. The molecule has 1 aromatic heterocycles. The van der Waals surface area contributed by atoms with Crippen LogP contribution in [0.15, 0.2) is 18.2 Å². The highest BCUT2D eigenvalue weighted by atomic mass is 19.1. The van der Waals surface area contributed by atoms with Crippen LogP contribution in [0.25, 0.3) is 10.9 Å². The van der Waals surface area contributed by atoms with Gasteiger partial charge in [0.05, 0.1) is 12.6 Å². The van der Waals surface area contributed by atoms with Crippen molar-refractivity contribution in [2.45, 2.75) is 6.92 Å². The van der Waals surface area contributed by atoms with Crippen molar-refractivity contribution >= 4 is 16.9 Å². The fraction of sp³-hybridized carbons (Fsp3) is 0.182. The summed E-state index contributed by atoms with van der Waals surface area (Å²) in [5, 5.41) is 0.412. The molecule has 0 saturated heterocycles. The smallest absolute Gasteiger partial charge is 0.354 e. The molecule has 0 spiro atoms. The molecule has 0 saturated carbocycles. The summed E-state index contributed by atoms with van der Waals surface area (Å²) in [5.74, 6) is -0.841. The third-order valence-corrected chi connectivity index (χ3v) is 2.35. The van der Waals surface area contributed by atoms with Crippen LogP contribution in [0.4, 0.5) is 4.39 Å². The van der Waals surface area contributed by atoms with Crippen LogP contribution < -0.4 is 0 Å². The summed E-state index contributed by atoms with van der Waals surface area (Å²) in [6.07, 6.45) is 0. The maximum atomic E-state index is 13.4. The van der Waals surface area contributed by atoms with E-state index in [1.807, 2.05) is 6.92 Å². The molecule has 0 atom stereocenters. The molecule has 2 aromatic rings. The molecule has 0 aliphatic heterocycles. The van der Waals surface area contributed by atoms with E-state index in [1.165, 1.54) is 19.2 Å². The van der Waals surface area contributed by atoms with Crippen LogP contribution in [0, 0.1) is 12.7 Å². The van der Waals surface area contributed by atoms with Gasteiger partial charge >= 0.3 is 5.97 Å². The van der Waals surface area contributed by atoms with Gasteiger partial charge in [-0.2, -0.15) is 0 Å². The van der Waals surface area contributed by atoms with Crippen molar-refractivity contribution in [1.82, 2.24) is 4.98 Å². The number of methoxy groups -OCH3 is 1. The largest absolute Gasteiger partial charge is 0.464 e. The zero-order valence-corrected chi connectivity index (χ0v) is 8.43. The molecular weight excluding hydrogens is 197 g/mol. The van der Waals surface area contributed by atoms with Gasteiger partial charge in [-0.3, -0.25) is 0 Å². The Morgan fingerprint density at radius 1 is 1.47 bits per heavy atom. The number of aromatic amines is 1. The number of fused-ring (bicyclic) bond motifs is 1. The predicted molar refractivity (Wildman–Crippen MR) is 54.3 cm³/mol. The number of esters is 1. The number of H-pyrrole nitrogens is 1. The van der Waals surface area contributed by atoms with E-state index in [4.69, 9.17) is 0 Å². The van der Waals surface area contributed by atoms with E-state index in [9.17, 15) is 9.18 Å². The SMILES string of the molecule is COC(=O)c1cc2c(F)ccc(C)c2[nH]1. The number of halogens is 1. The second kappa shape index (κ2) is 3.38. The Kier molecular flexibility index (Phi) is 2.19. The number of carbonyl (C=O) groups is 1. The highest BCUT2D eigenvalue weighted by molar-refractivity contribution is 5.95. The number of aryl methyl sites for hydroxylation is 1. The van der Waals surface area contributed by atoms with E-state index in [0.29, 0.717) is 10.9 Å². The summed E-state index contributed by atoms with van der Waals surface area (Å²) in [5.41, 5.74) is 1.79. The summed E-state index contributed by atoms with van der Waals surface area (Å²) in [7, 11) is 1.29. The minimum Gasteiger partial charge on any atom is -0.464 e. The normalized spacial score (nSPS) is 10.6. The Labute approximate surface area is 85.9 Å². The Morgan fingerprint density at radius 3 is 2.80 bits per heavy atom. The molecule has 0 aliphatic rings. The minimum atomic E-state index is -0.495. The van der Waals surface area contributed by atoms with E-state index in [2.05, 4.69) is 9.72 Å². The molecule has 0 aliphatic carbocycles. The first kappa shape index (κ1) is 9.71. The summed E-state index contributed by atoms with van der Waals surface area (Å²) in [4.78, 5) is 14.1. The topological polar surface area (TPSA) is 42.1 Å². The lowest BCUT2D eigenvalue weighted by Gasteiger charge is -1.96. The average molecular weight is 207 g/mol. The van der Waals surface area contributed by atoms with Crippen LogP contribution in [-0.4, -0.2) is 18.1 Å². The highest BCUT2D eigenvalue weighted by Crippen LogP contribution is 2.22. The molecule has 1 N–H and O–H groups in total. The zero-order chi connectivity index (χ0) is 11.0. The molecule has 0 amide bonds. The highest BCUT2D eigenvalue weighted by Gasteiger charge is 2.12. The first-order chi connectivity index (χ1) is 7.13. The van der Waals surface area contributed by atoms with Crippen LogP contribution in [0.2, 0.25) is 0 Å². The number of hydrogen-bond acceptors (Lipinski definition) is 2. The van der Waals surface area contributed by atoms with Gasteiger partial charge in [-0.15, -0.1) is 0 Å². The van der Waals surface area contributed by atoms with E-state index in [-0.39, 0.29) is 11.5 Å². The molecule has 0 fully saturated rings. The van der Waals surface area contributed by atoms with Crippen LogP contribution in [0.1, 0.15) is 16.1 Å². The van der Waals surface area contributed by atoms with Gasteiger partial charge < -0.3 is 9.72 Å². The minimum absolute atomic E-state index is 0.265. The van der Waals surface area contributed by atoms with Gasteiger partial charge in [0.1, 0.15) is 11.5 Å². The van der Waals surface area contributed by atoms with Gasteiger partial charge in [-0.05, 0) is 24.6 Å². The summed E-state index contributed by atoms with van der Waals surface area (Å²) < 4.78 is 17.9. The number of carbonyl (C=O) groups excluding carboxylic acids is 1. The number of ether oxygens (including phenoxy) is 1. The Morgan fingerprint density at radius 2 is 2.20 bits per heavy atom. The van der Waals surface area contributed by atoms with Crippen LogP contribution >= 0.6 is 0 Å². The lowest BCUT2D eigenvalue weighted by molar-refractivity contribution is 0.0595. The van der Waals surface area contributed by atoms with Crippen molar-refractivity contribution in [1.29, 1.82) is 0 Å². The molecular formula is C11H10FNO2. The first-order valence-electron chi connectivity index (χ1n) is 4.49. The third kappa shape index (κ3) is 1.48. The monoisotopic (exact) mass is 207 g/mol. The van der Waals surface area contributed by atoms with Gasteiger partial charge in [0.15, 0.2) is 0 Å². The maximum absolute atomic E-state index is 13.4. The molecule has 4 heteroatoms.